The second-order valence-corrected chi connectivity index (χ2v) is 7.28. The Bertz CT molecular complexity index is 719. The molecule has 0 aliphatic heterocycles. The third-order valence-corrected chi connectivity index (χ3v) is 5.16. The smallest absolute Gasteiger partial charge is 0.386 e. The number of hydrogen-bond acceptors (Lipinski definition) is 4. The van der Waals surface area contributed by atoms with Crippen LogP contribution in [0.5, 0.6) is 0 Å². The first-order chi connectivity index (χ1) is 12.2. The molecule has 2 rings (SSSR count). The van der Waals surface area contributed by atoms with Crippen molar-refractivity contribution < 1.29 is 23.1 Å². The van der Waals surface area contributed by atoms with Gasteiger partial charge >= 0.3 is 6.18 Å². The highest BCUT2D eigenvalue weighted by atomic mass is 32.1. The molecule has 2 aromatic rings. The van der Waals surface area contributed by atoms with E-state index in [0.717, 1.165) is 4.88 Å². The van der Waals surface area contributed by atoms with Crippen molar-refractivity contribution >= 4 is 17.2 Å². The molecule has 0 saturated carbocycles. The molecule has 4 nitrogen and oxygen atoms in total. The fraction of sp³-hybridized carbons (Fsp3) is 0.389. The van der Waals surface area contributed by atoms with Crippen LogP contribution in [0.4, 0.5) is 13.2 Å². The van der Waals surface area contributed by atoms with Gasteiger partial charge < -0.3 is 16.2 Å². The quantitative estimate of drug-likeness (QED) is 0.651. The average Bonchev–Trinajstić information content (AvgIpc) is 3.06. The van der Waals surface area contributed by atoms with Gasteiger partial charge in [0.15, 0.2) is 0 Å². The van der Waals surface area contributed by atoms with Crippen LogP contribution in [-0.4, -0.2) is 29.3 Å². The van der Waals surface area contributed by atoms with Crippen LogP contribution in [0.15, 0.2) is 42.5 Å². The number of nitrogens with two attached hydrogens (primary N) is 1. The molecule has 0 fully saturated rings. The van der Waals surface area contributed by atoms with E-state index in [0.29, 0.717) is 17.7 Å². The lowest BCUT2D eigenvalue weighted by Crippen LogP contribution is -2.50. The fourth-order valence-corrected chi connectivity index (χ4v) is 3.48. The molecule has 0 spiro atoms. The van der Waals surface area contributed by atoms with E-state index in [2.05, 4.69) is 5.32 Å². The van der Waals surface area contributed by atoms with Crippen molar-refractivity contribution in [2.45, 2.75) is 44.1 Å². The van der Waals surface area contributed by atoms with E-state index in [1.807, 2.05) is 0 Å². The topological polar surface area (TPSA) is 75.4 Å². The van der Waals surface area contributed by atoms with Gasteiger partial charge in [-0.15, -0.1) is 11.3 Å². The van der Waals surface area contributed by atoms with Gasteiger partial charge in [-0.1, -0.05) is 30.3 Å². The molecule has 8 heteroatoms. The molecule has 26 heavy (non-hydrogen) atoms. The predicted molar refractivity (Wildman–Crippen MR) is 95.0 cm³/mol. The average molecular weight is 386 g/mol. The Balaban J connectivity index is 1.99. The molecule has 0 bridgehead atoms. The minimum Gasteiger partial charge on any atom is -0.386 e. The van der Waals surface area contributed by atoms with E-state index < -0.39 is 30.3 Å². The zero-order valence-electron chi connectivity index (χ0n) is 14.2. The number of aliphatic hydroxyl groups is 1. The molecule has 0 radical (unpaired) electrons. The van der Waals surface area contributed by atoms with Crippen LogP contribution in [0.25, 0.3) is 0 Å². The van der Waals surface area contributed by atoms with Crippen molar-refractivity contribution in [3.8, 4) is 0 Å². The molecule has 0 saturated heterocycles. The zero-order valence-corrected chi connectivity index (χ0v) is 15.0. The van der Waals surface area contributed by atoms with Crippen molar-refractivity contribution in [2.24, 2.45) is 5.73 Å². The number of thiophene rings is 1. The van der Waals surface area contributed by atoms with Crippen molar-refractivity contribution in [1.82, 2.24) is 5.32 Å². The number of nitrogens with one attached hydrogen (secondary N) is 1. The molecule has 3 atom stereocenters. The van der Waals surface area contributed by atoms with Gasteiger partial charge in [-0.2, -0.15) is 13.2 Å². The molecular formula is C18H21F3N2O2S. The largest absolute Gasteiger partial charge is 0.406 e. The van der Waals surface area contributed by atoms with Gasteiger partial charge in [-0.3, -0.25) is 4.79 Å². The summed E-state index contributed by atoms with van der Waals surface area (Å²) in [6.07, 6.45) is -5.35. The lowest BCUT2D eigenvalue weighted by Gasteiger charge is -2.29. The van der Waals surface area contributed by atoms with E-state index in [4.69, 9.17) is 5.73 Å². The maximum atomic E-state index is 13.4. The van der Waals surface area contributed by atoms with E-state index in [9.17, 15) is 23.1 Å². The summed E-state index contributed by atoms with van der Waals surface area (Å²) >= 11 is 1.24. The highest BCUT2D eigenvalue weighted by molar-refractivity contribution is 7.14. The maximum absolute atomic E-state index is 13.4. The predicted octanol–water partition coefficient (Wildman–Crippen LogP) is 3.42. The summed E-state index contributed by atoms with van der Waals surface area (Å²) in [5.74, 6) is -0.518. The number of primary amides is 1. The first kappa shape index (κ1) is 20.4. The third kappa shape index (κ3) is 5.55. The molecular weight excluding hydrogens is 365 g/mol. The molecule has 3 unspecified atom stereocenters. The SMILES string of the molecule is CC(CCc1ccc(C(N)=O)s1)NC(C(O)c1ccccc1)C(F)(F)F. The Labute approximate surface area is 153 Å². The standard InChI is InChI=1S/C18H21F3N2O2S/c1-11(7-8-13-9-10-14(26-13)17(22)25)23-16(18(19,20)21)15(24)12-5-3-2-4-6-12/h2-6,9-11,15-16,23-24H,7-8H2,1H3,(H2,22,25). The van der Waals surface area contributed by atoms with Gasteiger partial charge in [0.2, 0.25) is 0 Å². The van der Waals surface area contributed by atoms with Crippen molar-refractivity contribution in [2.75, 3.05) is 0 Å². The van der Waals surface area contributed by atoms with Crippen LogP contribution in [0.1, 0.15) is 39.6 Å². The Morgan fingerprint density at radius 3 is 2.42 bits per heavy atom. The van der Waals surface area contributed by atoms with Crippen LogP contribution < -0.4 is 11.1 Å². The first-order valence-electron chi connectivity index (χ1n) is 8.12. The number of halogens is 3. The summed E-state index contributed by atoms with van der Waals surface area (Å²) in [5.41, 5.74) is 5.40. The van der Waals surface area contributed by atoms with Gasteiger partial charge in [-0.05, 0) is 37.5 Å². The second-order valence-electron chi connectivity index (χ2n) is 6.11. The normalized spacial score (nSPS) is 15.4. The van der Waals surface area contributed by atoms with Gasteiger partial charge in [-0.25, -0.2) is 0 Å². The van der Waals surface area contributed by atoms with E-state index in [-0.39, 0.29) is 5.56 Å². The molecule has 1 aromatic heterocycles. The summed E-state index contributed by atoms with van der Waals surface area (Å²) in [6.45, 7) is 1.64. The maximum Gasteiger partial charge on any atom is 0.406 e. The van der Waals surface area contributed by atoms with Crippen molar-refractivity contribution in [3.05, 3.63) is 57.8 Å². The van der Waals surface area contributed by atoms with Crippen LogP contribution in [0.3, 0.4) is 0 Å². The third-order valence-electron chi connectivity index (χ3n) is 4.00. The number of amides is 1. The lowest BCUT2D eigenvalue weighted by molar-refractivity contribution is -0.181. The van der Waals surface area contributed by atoms with E-state index >= 15 is 0 Å². The molecule has 1 heterocycles. The number of carbonyl (C=O) groups excluding carboxylic acids is 1. The lowest BCUT2D eigenvalue weighted by atomic mass is 10.0. The zero-order chi connectivity index (χ0) is 19.3. The Hall–Kier alpha value is -1.90. The van der Waals surface area contributed by atoms with Gasteiger partial charge in [0.1, 0.15) is 12.1 Å². The second kappa shape index (κ2) is 8.66. The number of carbonyl (C=O) groups is 1. The van der Waals surface area contributed by atoms with Gasteiger partial charge in [0, 0.05) is 10.9 Å². The number of benzene rings is 1. The van der Waals surface area contributed by atoms with Crippen LogP contribution in [0.2, 0.25) is 0 Å². The minimum absolute atomic E-state index is 0.207. The Morgan fingerprint density at radius 1 is 1.23 bits per heavy atom. The first-order valence-corrected chi connectivity index (χ1v) is 8.94. The molecule has 4 N–H and O–H groups in total. The summed E-state index contributed by atoms with van der Waals surface area (Å²) in [6, 6.07) is 8.58. The van der Waals surface area contributed by atoms with Gasteiger partial charge in [0.25, 0.3) is 5.91 Å². The highest BCUT2D eigenvalue weighted by Crippen LogP contribution is 2.31. The molecule has 0 aliphatic rings. The fourth-order valence-electron chi connectivity index (χ4n) is 2.60. The summed E-state index contributed by atoms with van der Waals surface area (Å²) in [7, 11) is 0. The molecule has 1 aromatic carbocycles. The highest BCUT2D eigenvalue weighted by Gasteiger charge is 2.45. The Kier molecular flexibility index (Phi) is 6.80. The number of alkyl halides is 3. The molecule has 142 valence electrons. The number of rotatable bonds is 8. The van der Waals surface area contributed by atoms with Crippen LogP contribution in [0, 0.1) is 0 Å². The van der Waals surface area contributed by atoms with E-state index in [1.165, 1.54) is 23.5 Å². The number of aryl methyl sites for hydroxylation is 1. The summed E-state index contributed by atoms with van der Waals surface area (Å²) in [5, 5.41) is 12.7. The summed E-state index contributed by atoms with van der Waals surface area (Å²) in [4.78, 5) is 12.4. The summed E-state index contributed by atoms with van der Waals surface area (Å²) < 4.78 is 40.2. The Morgan fingerprint density at radius 2 is 1.88 bits per heavy atom. The molecule has 0 aliphatic carbocycles. The number of aliphatic hydroxyl groups excluding tert-OH is 1. The number of hydrogen-bond donors (Lipinski definition) is 3. The van der Waals surface area contributed by atoms with Crippen molar-refractivity contribution in [1.29, 1.82) is 0 Å². The van der Waals surface area contributed by atoms with Crippen LogP contribution in [-0.2, 0) is 6.42 Å². The van der Waals surface area contributed by atoms with Crippen LogP contribution >= 0.6 is 11.3 Å². The minimum atomic E-state index is -4.59. The monoisotopic (exact) mass is 386 g/mol. The van der Waals surface area contributed by atoms with Gasteiger partial charge in [0.05, 0.1) is 4.88 Å². The molecule has 1 amide bonds. The van der Waals surface area contributed by atoms with E-state index in [1.54, 1.807) is 37.3 Å². The van der Waals surface area contributed by atoms with Crippen molar-refractivity contribution in [3.63, 3.8) is 0 Å².